The first-order valence-corrected chi connectivity index (χ1v) is 7.64. The van der Waals surface area contributed by atoms with Gasteiger partial charge < -0.3 is 14.8 Å². The minimum atomic E-state index is -0.784. The van der Waals surface area contributed by atoms with Crippen molar-refractivity contribution >= 4 is 32.6 Å². The second kappa shape index (κ2) is 6.34. The third-order valence-corrected chi connectivity index (χ3v) is 3.86. The molecule has 0 unspecified atom stereocenters. The van der Waals surface area contributed by atoms with Gasteiger partial charge in [-0.2, -0.15) is 0 Å². The van der Waals surface area contributed by atoms with E-state index in [9.17, 15) is 9.90 Å². The molecule has 1 atom stereocenters. The summed E-state index contributed by atoms with van der Waals surface area (Å²) >= 11 is 3.15. The Morgan fingerprint density at radius 2 is 1.91 bits per heavy atom. The quantitative estimate of drug-likeness (QED) is 0.747. The summed E-state index contributed by atoms with van der Waals surface area (Å²) in [4.78, 5) is 11.9. The van der Waals surface area contributed by atoms with Crippen molar-refractivity contribution < 1.29 is 14.3 Å². The molecular weight excluding hydrogens is 346 g/mol. The van der Waals surface area contributed by atoms with E-state index < -0.39 is 6.10 Å². The van der Waals surface area contributed by atoms with Gasteiger partial charge in [0.2, 0.25) is 0 Å². The predicted molar refractivity (Wildman–Crippen MR) is 87.6 cm³/mol. The SMILES string of the molecule is O=C(NC[C@@H](O)c1cccc2ccccc12)c1ccc(Br)o1. The average molecular weight is 360 g/mol. The molecule has 4 nitrogen and oxygen atoms in total. The second-order valence-corrected chi connectivity index (χ2v) is 5.68. The van der Waals surface area contributed by atoms with Crippen molar-refractivity contribution in [1.29, 1.82) is 0 Å². The number of benzene rings is 2. The topological polar surface area (TPSA) is 62.5 Å². The molecule has 0 aliphatic carbocycles. The fourth-order valence-corrected chi connectivity index (χ4v) is 2.67. The summed E-state index contributed by atoms with van der Waals surface area (Å²) in [5.74, 6) is -0.151. The highest BCUT2D eigenvalue weighted by Gasteiger charge is 2.15. The average Bonchev–Trinajstić information content (AvgIpc) is 2.98. The first kappa shape index (κ1) is 14.8. The Labute approximate surface area is 135 Å². The molecule has 5 heteroatoms. The minimum Gasteiger partial charge on any atom is -0.444 e. The minimum absolute atomic E-state index is 0.116. The van der Waals surface area contributed by atoms with Gasteiger partial charge >= 0.3 is 0 Å². The Hall–Kier alpha value is -2.11. The summed E-state index contributed by atoms with van der Waals surface area (Å²) in [6, 6.07) is 16.8. The molecule has 3 rings (SSSR count). The number of carbonyl (C=O) groups excluding carboxylic acids is 1. The van der Waals surface area contributed by atoms with Gasteiger partial charge in [0.15, 0.2) is 10.4 Å². The number of aliphatic hydroxyl groups is 1. The van der Waals surface area contributed by atoms with E-state index in [2.05, 4.69) is 21.2 Å². The number of halogens is 1. The van der Waals surface area contributed by atoms with Gasteiger partial charge in [-0.1, -0.05) is 42.5 Å². The van der Waals surface area contributed by atoms with E-state index in [0.29, 0.717) is 4.67 Å². The first-order chi connectivity index (χ1) is 10.6. The number of rotatable bonds is 4. The predicted octanol–water partition coefficient (Wildman–Crippen LogP) is 3.66. The molecule has 0 saturated heterocycles. The fraction of sp³-hybridized carbons (Fsp3) is 0.118. The van der Waals surface area contributed by atoms with Crippen LogP contribution >= 0.6 is 15.9 Å². The molecule has 1 aromatic heterocycles. The molecule has 3 aromatic rings. The van der Waals surface area contributed by atoms with E-state index in [1.807, 2.05) is 42.5 Å². The van der Waals surface area contributed by atoms with Crippen LogP contribution in [0.5, 0.6) is 0 Å². The van der Waals surface area contributed by atoms with Gasteiger partial charge in [0, 0.05) is 6.54 Å². The lowest BCUT2D eigenvalue weighted by molar-refractivity contribution is 0.0888. The van der Waals surface area contributed by atoms with Crippen LogP contribution in [0.15, 0.2) is 63.7 Å². The number of aliphatic hydroxyl groups excluding tert-OH is 1. The lowest BCUT2D eigenvalue weighted by Crippen LogP contribution is -2.28. The number of fused-ring (bicyclic) bond motifs is 1. The van der Waals surface area contributed by atoms with Crippen LogP contribution in [0.4, 0.5) is 0 Å². The monoisotopic (exact) mass is 359 g/mol. The summed E-state index contributed by atoms with van der Waals surface area (Å²) in [5.41, 5.74) is 0.791. The van der Waals surface area contributed by atoms with Gasteiger partial charge in [-0.05, 0) is 44.4 Å². The van der Waals surface area contributed by atoms with Gasteiger partial charge in [-0.25, -0.2) is 0 Å². The molecule has 0 saturated carbocycles. The lowest BCUT2D eigenvalue weighted by Gasteiger charge is -2.14. The highest BCUT2D eigenvalue weighted by Crippen LogP contribution is 2.24. The van der Waals surface area contributed by atoms with E-state index in [4.69, 9.17) is 4.42 Å². The smallest absolute Gasteiger partial charge is 0.287 e. The van der Waals surface area contributed by atoms with Gasteiger partial charge in [0.1, 0.15) is 0 Å². The molecule has 1 amide bonds. The molecule has 112 valence electrons. The highest BCUT2D eigenvalue weighted by molar-refractivity contribution is 9.10. The zero-order valence-electron chi connectivity index (χ0n) is 11.6. The van der Waals surface area contributed by atoms with Crippen molar-refractivity contribution in [1.82, 2.24) is 5.32 Å². The Morgan fingerprint density at radius 3 is 2.68 bits per heavy atom. The van der Waals surface area contributed by atoms with Crippen molar-refractivity contribution in [2.75, 3.05) is 6.54 Å². The molecule has 2 aromatic carbocycles. The summed E-state index contributed by atoms with van der Waals surface area (Å²) in [7, 11) is 0. The molecule has 0 fully saturated rings. The number of hydrogen-bond acceptors (Lipinski definition) is 3. The summed E-state index contributed by atoms with van der Waals surface area (Å²) in [5, 5.41) is 15.1. The van der Waals surface area contributed by atoms with Crippen molar-refractivity contribution in [3.8, 4) is 0 Å². The Bertz CT molecular complexity index is 807. The van der Waals surface area contributed by atoms with Crippen LogP contribution in [0.2, 0.25) is 0 Å². The van der Waals surface area contributed by atoms with E-state index in [0.717, 1.165) is 16.3 Å². The molecule has 1 heterocycles. The molecule has 0 aliphatic heterocycles. The van der Waals surface area contributed by atoms with Crippen molar-refractivity contribution in [3.05, 3.63) is 70.6 Å². The molecule has 22 heavy (non-hydrogen) atoms. The second-order valence-electron chi connectivity index (χ2n) is 4.90. The van der Waals surface area contributed by atoms with Gasteiger partial charge in [0.25, 0.3) is 5.91 Å². The normalized spacial score (nSPS) is 12.3. The van der Waals surface area contributed by atoms with Crippen LogP contribution in [0, 0.1) is 0 Å². The van der Waals surface area contributed by atoms with Crippen LogP contribution in [0.3, 0.4) is 0 Å². The van der Waals surface area contributed by atoms with Gasteiger partial charge in [-0.15, -0.1) is 0 Å². The third-order valence-electron chi connectivity index (χ3n) is 3.44. The fourth-order valence-electron chi connectivity index (χ4n) is 2.36. The van der Waals surface area contributed by atoms with Crippen LogP contribution in [-0.2, 0) is 0 Å². The molecule has 0 spiro atoms. The standard InChI is InChI=1S/C17H14BrNO3/c18-16-9-8-15(22-16)17(21)19-10-14(20)13-7-3-5-11-4-1-2-6-12(11)13/h1-9,14,20H,10H2,(H,19,21)/t14-/m1/s1. The van der Waals surface area contributed by atoms with E-state index in [1.165, 1.54) is 0 Å². The number of furan rings is 1. The summed E-state index contributed by atoms with van der Waals surface area (Å²) in [6.45, 7) is 0.116. The Balaban J connectivity index is 1.74. The van der Waals surface area contributed by atoms with Gasteiger partial charge in [0.05, 0.1) is 6.10 Å². The van der Waals surface area contributed by atoms with E-state index in [-0.39, 0.29) is 18.2 Å². The molecular formula is C17H14BrNO3. The maximum atomic E-state index is 11.9. The van der Waals surface area contributed by atoms with Crippen molar-refractivity contribution in [2.24, 2.45) is 0 Å². The maximum Gasteiger partial charge on any atom is 0.287 e. The molecule has 0 bridgehead atoms. The van der Waals surface area contributed by atoms with Crippen LogP contribution in [-0.4, -0.2) is 17.6 Å². The van der Waals surface area contributed by atoms with E-state index >= 15 is 0 Å². The number of hydrogen-bond donors (Lipinski definition) is 2. The molecule has 0 radical (unpaired) electrons. The summed E-state index contributed by atoms with van der Waals surface area (Å²) in [6.07, 6.45) is -0.784. The zero-order chi connectivity index (χ0) is 15.5. The van der Waals surface area contributed by atoms with E-state index in [1.54, 1.807) is 12.1 Å². The van der Waals surface area contributed by atoms with Crippen LogP contribution in [0.1, 0.15) is 22.2 Å². The molecule has 2 N–H and O–H groups in total. The lowest BCUT2D eigenvalue weighted by atomic mass is 10.0. The highest BCUT2D eigenvalue weighted by atomic mass is 79.9. The van der Waals surface area contributed by atoms with Crippen molar-refractivity contribution in [3.63, 3.8) is 0 Å². The number of amides is 1. The zero-order valence-corrected chi connectivity index (χ0v) is 13.2. The molecule has 0 aliphatic rings. The van der Waals surface area contributed by atoms with Gasteiger partial charge in [-0.3, -0.25) is 4.79 Å². The summed E-state index contributed by atoms with van der Waals surface area (Å²) < 4.78 is 5.67. The van der Waals surface area contributed by atoms with Crippen LogP contribution in [0.25, 0.3) is 10.8 Å². The maximum absolute atomic E-state index is 11.9. The van der Waals surface area contributed by atoms with Crippen LogP contribution < -0.4 is 5.32 Å². The Morgan fingerprint density at radius 1 is 1.14 bits per heavy atom. The first-order valence-electron chi connectivity index (χ1n) is 6.84. The van der Waals surface area contributed by atoms with Crippen molar-refractivity contribution in [2.45, 2.75) is 6.10 Å². The number of carbonyl (C=O) groups is 1. The number of nitrogens with one attached hydrogen (secondary N) is 1. The Kier molecular flexibility index (Phi) is 4.27. The largest absolute Gasteiger partial charge is 0.444 e. The third kappa shape index (κ3) is 3.05.